The van der Waals surface area contributed by atoms with Crippen LogP contribution in [0.1, 0.15) is 50.7 Å². The van der Waals surface area contributed by atoms with Crippen molar-refractivity contribution in [1.29, 1.82) is 0 Å². The summed E-state index contributed by atoms with van der Waals surface area (Å²) < 4.78 is 0. The number of nitrogens with one attached hydrogen (secondary N) is 1. The maximum Gasteiger partial charge on any atom is 0.0236 e. The van der Waals surface area contributed by atoms with E-state index in [-0.39, 0.29) is 0 Å². The maximum atomic E-state index is 3.59. The van der Waals surface area contributed by atoms with Gasteiger partial charge in [-0.3, -0.25) is 4.90 Å². The van der Waals surface area contributed by atoms with Crippen LogP contribution in [0.15, 0.2) is 24.3 Å². The van der Waals surface area contributed by atoms with Crippen molar-refractivity contribution in [3.05, 3.63) is 35.4 Å². The fourth-order valence-electron chi connectivity index (χ4n) is 3.56. The molecule has 2 heteroatoms. The van der Waals surface area contributed by atoms with Crippen LogP contribution in [-0.2, 0) is 13.0 Å². The molecule has 1 aromatic carbocycles. The highest BCUT2D eigenvalue weighted by Crippen LogP contribution is 2.25. The van der Waals surface area contributed by atoms with Gasteiger partial charge in [-0.1, -0.05) is 38.1 Å². The fourth-order valence-corrected chi connectivity index (χ4v) is 3.56. The number of likely N-dealkylation sites (tertiary alicyclic amines) is 1. The molecule has 1 aliphatic carbocycles. The summed E-state index contributed by atoms with van der Waals surface area (Å²) in [5.41, 5.74) is 2.94. The predicted molar refractivity (Wildman–Crippen MR) is 89.4 cm³/mol. The van der Waals surface area contributed by atoms with Crippen LogP contribution in [-0.4, -0.2) is 30.1 Å². The second kappa shape index (κ2) is 6.93. The minimum absolute atomic E-state index is 0.778. The first kappa shape index (κ1) is 15.1. The largest absolute Gasteiger partial charge is 0.314 e. The molecule has 0 radical (unpaired) electrons. The molecule has 1 saturated carbocycles. The molecule has 2 nitrogen and oxygen atoms in total. The zero-order valence-corrected chi connectivity index (χ0v) is 13.6. The number of nitrogens with zero attached hydrogens (tertiary/aromatic N) is 1. The van der Waals surface area contributed by atoms with Crippen LogP contribution in [0.3, 0.4) is 0 Å². The summed E-state index contributed by atoms with van der Waals surface area (Å²) in [7, 11) is 0. The molecule has 1 N–H and O–H groups in total. The molecule has 3 rings (SSSR count). The topological polar surface area (TPSA) is 15.3 Å². The molecule has 116 valence electrons. The average Bonchev–Trinajstić information content (AvgIpc) is 3.17. The molecule has 1 saturated heterocycles. The van der Waals surface area contributed by atoms with Crippen LogP contribution in [0.25, 0.3) is 0 Å². The Morgan fingerprint density at radius 3 is 2.48 bits per heavy atom. The van der Waals surface area contributed by atoms with E-state index in [9.17, 15) is 0 Å². The molecule has 0 aromatic heterocycles. The van der Waals surface area contributed by atoms with Crippen molar-refractivity contribution >= 4 is 0 Å². The Balaban J connectivity index is 1.49. The average molecular weight is 286 g/mol. The van der Waals surface area contributed by atoms with Gasteiger partial charge in [-0.05, 0) is 62.2 Å². The summed E-state index contributed by atoms with van der Waals surface area (Å²) in [6.45, 7) is 8.25. The van der Waals surface area contributed by atoms with Crippen LogP contribution < -0.4 is 5.32 Å². The molecule has 1 heterocycles. The van der Waals surface area contributed by atoms with Crippen LogP contribution in [0.2, 0.25) is 0 Å². The quantitative estimate of drug-likeness (QED) is 0.824. The van der Waals surface area contributed by atoms with E-state index in [0.717, 1.165) is 37.5 Å². The third kappa shape index (κ3) is 4.31. The third-order valence-electron chi connectivity index (χ3n) is 5.02. The second-order valence-corrected chi connectivity index (χ2v) is 7.22. The Morgan fingerprint density at radius 2 is 1.81 bits per heavy atom. The van der Waals surface area contributed by atoms with Crippen LogP contribution >= 0.6 is 0 Å². The minimum atomic E-state index is 0.778. The van der Waals surface area contributed by atoms with Crippen molar-refractivity contribution in [2.24, 2.45) is 5.92 Å². The van der Waals surface area contributed by atoms with Gasteiger partial charge in [0.15, 0.2) is 0 Å². The van der Waals surface area contributed by atoms with Crippen LogP contribution in [0.5, 0.6) is 0 Å². The Bertz CT molecular complexity index is 433. The van der Waals surface area contributed by atoms with E-state index in [0.29, 0.717) is 0 Å². The number of hydrogen-bond donors (Lipinski definition) is 1. The molecule has 0 bridgehead atoms. The van der Waals surface area contributed by atoms with Crippen molar-refractivity contribution < 1.29 is 0 Å². The van der Waals surface area contributed by atoms with Crippen molar-refractivity contribution in [2.45, 2.75) is 64.6 Å². The van der Waals surface area contributed by atoms with Gasteiger partial charge in [0.05, 0.1) is 0 Å². The molecule has 1 aliphatic heterocycles. The Kier molecular flexibility index (Phi) is 4.97. The summed E-state index contributed by atoms with van der Waals surface area (Å²) in [5.74, 6) is 0.778. The highest BCUT2D eigenvalue weighted by Gasteiger charge is 2.26. The van der Waals surface area contributed by atoms with E-state index < -0.39 is 0 Å². The molecule has 1 unspecified atom stereocenters. The van der Waals surface area contributed by atoms with Gasteiger partial charge in [0.25, 0.3) is 0 Å². The predicted octanol–water partition coefficient (Wildman–Crippen LogP) is 3.60. The van der Waals surface area contributed by atoms with E-state index in [2.05, 4.69) is 48.3 Å². The Labute approximate surface area is 129 Å². The van der Waals surface area contributed by atoms with Crippen LogP contribution in [0.4, 0.5) is 0 Å². The Hall–Kier alpha value is -0.860. The van der Waals surface area contributed by atoms with Crippen molar-refractivity contribution in [1.82, 2.24) is 10.2 Å². The summed E-state index contributed by atoms with van der Waals surface area (Å²) >= 11 is 0. The summed E-state index contributed by atoms with van der Waals surface area (Å²) in [5, 5.41) is 3.59. The molecule has 2 aliphatic rings. The maximum absolute atomic E-state index is 3.59. The van der Waals surface area contributed by atoms with E-state index in [1.807, 2.05) is 0 Å². The van der Waals surface area contributed by atoms with Gasteiger partial charge in [-0.2, -0.15) is 0 Å². The van der Waals surface area contributed by atoms with E-state index in [1.54, 1.807) is 0 Å². The summed E-state index contributed by atoms with van der Waals surface area (Å²) in [4.78, 5) is 2.67. The number of hydrogen-bond acceptors (Lipinski definition) is 2. The molecule has 2 fully saturated rings. The highest BCUT2D eigenvalue weighted by molar-refractivity contribution is 5.23. The molecule has 21 heavy (non-hydrogen) atoms. The molecular formula is C19H30N2. The number of rotatable bonds is 7. The van der Waals surface area contributed by atoms with Crippen molar-refractivity contribution in [2.75, 3.05) is 13.1 Å². The number of benzene rings is 1. The first-order chi connectivity index (χ1) is 10.2. The lowest BCUT2D eigenvalue weighted by atomic mass is 10.0. The van der Waals surface area contributed by atoms with Crippen LogP contribution in [0, 0.1) is 5.92 Å². The van der Waals surface area contributed by atoms with Gasteiger partial charge in [-0.15, -0.1) is 0 Å². The van der Waals surface area contributed by atoms with Crippen molar-refractivity contribution in [3.8, 4) is 0 Å². The highest BCUT2D eigenvalue weighted by atomic mass is 15.2. The minimum Gasteiger partial charge on any atom is -0.314 e. The molecule has 1 atom stereocenters. The van der Waals surface area contributed by atoms with E-state index >= 15 is 0 Å². The van der Waals surface area contributed by atoms with Gasteiger partial charge in [0.2, 0.25) is 0 Å². The first-order valence-electron chi connectivity index (χ1n) is 8.77. The normalized spacial score (nSPS) is 23.1. The molecular weight excluding hydrogens is 256 g/mol. The van der Waals surface area contributed by atoms with Gasteiger partial charge in [0, 0.05) is 18.6 Å². The third-order valence-corrected chi connectivity index (χ3v) is 5.02. The SMILES string of the molecule is CC(C)C1CCCN1Cc1ccc(CCNC2CC2)cc1. The second-order valence-electron chi connectivity index (χ2n) is 7.22. The lowest BCUT2D eigenvalue weighted by molar-refractivity contribution is 0.199. The summed E-state index contributed by atoms with van der Waals surface area (Å²) in [6.07, 6.45) is 6.67. The van der Waals surface area contributed by atoms with E-state index in [1.165, 1.54) is 43.4 Å². The standard InChI is InChI=1S/C19H30N2/c1-15(2)19-4-3-13-21(19)14-17-7-5-16(6-8-17)11-12-20-18-9-10-18/h5-8,15,18-20H,3-4,9-14H2,1-2H3. The van der Waals surface area contributed by atoms with Crippen molar-refractivity contribution in [3.63, 3.8) is 0 Å². The Morgan fingerprint density at radius 1 is 1.10 bits per heavy atom. The lowest BCUT2D eigenvalue weighted by Crippen LogP contribution is -2.32. The first-order valence-corrected chi connectivity index (χ1v) is 8.77. The van der Waals surface area contributed by atoms with Gasteiger partial charge in [-0.25, -0.2) is 0 Å². The van der Waals surface area contributed by atoms with Gasteiger partial charge < -0.3 is 5.32 Å². The smallest absolute Gasteiger partial charge is 0.0236 e. The van der Waals surface area contributed by atoms with Gasteiger partial charge in [0.1, 0.15) is 0 Å². The zero-order chi connectivity index (χ0) is 14.7. The monoisotopic (exact) mass is 286 g/mol. The fraction of sp³-hybridized carbons (Fsp3) is 0.684. The van der Waals surface area contributed by atoms with Gasteiger partial charge >= 0.3 is 0 Å². The zero-order valence-electron chi connectivity index (χ0n) is 13.6. The molecule has 0 amide bonds. The molecule has 1 aromatic rings. The lowest BCUT2D eigenvalue weighted by Gasteiger charge is -2.27. The summed E-state index contributed by atoms with van der Waals surface area (Å²) in [6, 6.07) is 10.9. The van der Waals surface area contributed by atoms with E-state index in [4.69, 9.17) is 0 Å². The molecule has 0 spiro atoms.